The third kappa shape index (κ3) is 1.12. The molecule has 0 aromatic heterocycles. The van der Waals surface area contributed by atoms with Gasteiger partial charge in [-0.2, -0.15) is 0 Å². The van der Waals surface area contributed by atoms with Crippen molar-refractivity contribution in [3.8, 4) is 0 Å². The zero-order chi connectivity index (χ0) is 8.72. The highest BCUT2D eigenvalue weighted by Gasteiger charge is 2.45. The van der Waals surface area contributed by atoms with Crippen LogP contribution >= 0.6 is 0 Å². The molecule has 0 bridgehead atoms. The lowest BCUT2D eigenvalue weighted by Crippen LogP contribution is -2.35. The van der Waals surface area contributed by atoms with Gasteiger partial charge in [0.25, 0.3) is 0 Å². The van der Waals surface area contributed by atoms with E-state index < -0.39 is 0 Å². The summed E-state index contributed by atoms with van der Waals surface area (Å²) in [6, 6.07) is 0.333. The van der Waals surface area contributed by atoms with Crippen molar-refractivity contribution >= 4 is 5.91 Å². The fraction of sp³-hybridized carbons (Fsp3) is 0.889. The maximum Gasteiger partial charge on any atom is 0.239 e. The van der Waals surface area contributed by atoms with Crippen LogP contribution in [0.1, 0.15) is 26.2 Å². The van der Waals surface area contributed by atoms with Crippen LogP contribution in [0.5, 0.6) is 0 Å². The number of likely N-dealkylation sites (tertiary alicyclic amines) is 1. The first-order valence-corrected chi connectivity index (χ1v) is 4.80. The zero-order valence-corrected chi connectivity index (χ0v) is 7.49. The lowest BCUT2D eigenvalue weighted by molar-refractivity contribution is -0.129. The van der Waals surface area contributed by atoms with Crippen molar-refractivity contribution in [2.24, 2.45) is 11.7 Å². The molecule has 2 rings (SSSR count). The molecule has 1 aliphatic carbocycles. The van der Waals surface area contributed by atoms with Crippen molar-refractivity contribution in [2.45, 2.75) is 38.3 Å². The van der Waals surface area contributed by atoms with Crippen LogP contribution in [0, 0.1) is 5.92 Å². The summed E-state index contributed by atoms with van der Waals surface area (Å²) in [6.07, 6.45) is 3.25. The van der Waals surface area contributed by atoms with Crippen LogP contribution in [0.4, 0.5) is 0 Å². The number of carbonyl (C=O) groups is 1. The molecule has 3 heteroatoms. The van der Waals surface area contributed by atoms with E-state index in [9.17, 15) is 4.79 Å². The van der Waals surface area contributed by atoms with Crippen LogP contribution in [0.15, 0.2) is 0 Å². The van der Waals surface area contributed by atoms with Crippen molar-refractivity contribution in [1.29, 1.82) is 0 Å². The van der Waals surface area contributed by atoms with Gasteiger partial charge in [-0.3, -0.25) is 4.79 Å². The lowest BCUT2D eigenvalue weighted by atomic mass is 10.3. The van der Waals surface area contributed by atoms with Crippen LogP contribution in [-0.4, -0.2) is 29.4 Å². The van der Waals surface area contributed by atoms with Gasteiger partial charge in [0.15, 0.2) is 0 Å². The molecule has 0 aromatic carbocycles. The summed E-state index contributed by atoms with van der Waals surface area (Å²) < 4.78 is 0. The molecule has 2 fully saturated rings. The molecule has 1 aliphatic heterocycles. The van der Waals surface area contributed by atoms with E-state index in [1.165, 1.54) is 12.8 Å². The van der Waals surface area contributed by atoms with E-state index in [0.717, 1.165) is 18.9 Å². The number of nitrogens with two attached hydrogens (primary N) is 1. The summed E-state index contributed by atoms with van der Waals surface area (Å²) in [6.45, 7) is 3.08. The Balaban J connectivity index is 1.94. The first-order valence-electron chi connectivity index (χ1n) is 4.80. The monoisotopic (exact) mass is 168 g/mol. The second-order valence-corrected chi connectivity index (χ2v) is 3.90. The molecule has 2 aliphatic rings. The number of rotatable bonds is 2. The Labute approximate surface area is 72.9 Å². The van der Waals surface area contributed by atoms with E-state index in [4.69, 9.17) is 5.73 Å². The minimum Gasteiger partial charge on any atom is -0.338 e. The normalized spacial score (nSPS) is 40.7. The molecule has 1 saturated carbocycles. The predicted molar refractivity (Wildman–Crippen MR) is 46.5 cm³/mol. The Bertz CT molecular complexity index is 205. The predicted octanol–water partition coefficient (Wildman–Crippen LogP) is 0.345. The second kappa shape index (κ2) is 2.73. The van der Waals surface area contributed by atoms with E-state index >= 15 is 0 Å². The molecule has 3 atom stereocenters. The van der Waals surface area contributed by atoms with Crippen molar-refractivity contribution in [3.05, 3.63) is 0 Å². The van der Waals surface area contributed by atoms with Gasteiger partial charge >= 0.3 is 0 Å². The summed E-state index contributed by atoms with van der Waals surface area (Å²) in [5.41, 5.74) is 5.63. The zero-order valence-electron chi connectivity index (χ0n) is 7.49. The standard InChI is InChI=1S/C9H16N2O/c1-2-6-5-8(6)11-4-3-7(10)9(11)12/h6-8H,2-5,10H2,1H3. The van der Waals surface area contributed by atoms with Gasteiger partial charge in [0, 0.05) is 12.6 Å². The summed E-state index contributed by atoms with van der Waals surface area (Å²) in [4.78, 5) is 13.4. The minimum atomic E-state index is -0.205. The largest absolute Gasteiger partial charge is 0.338 e. The van der Waals surface area contributed by atoms with E-state index in [0.29, 0.717) is 6.04 Å². The van der Waals surface area contributed by atoms with Crippen molar-refractivity contribution < 1.29 is 4.79 Å². The Morgan fingerprint density at radius 2 is 2.42 bits per heavy atom. The van der Waals surface area contributed by atoms with Gasteiger partial charge in [-0.1, -0.05) is 13.3 Å². The first kappa shape index (κ1) is 8.05. The van der Waals surface area contributed by atoms with Crippen LogP contribution < -0.4 is 5.73 Å². The van der Waals surface area contributed by atoms with E-state index in [1.54, 1.807) is 0 Å². The van der Waals surface area contributed by atoms with Gasteiger partial charge < -0.3 is 10.6 Å². The molecule has 3 nitrogen and oxygen atoms in total. The van der Waals surface area contributed by atoms with Crippen molar-refractivity contribution in [2.75, 3.05) is 6.54 Å². The van der Waals surface area contributed by atoms with Crippen LogP contribution in [0.2, 0.25) is 0 Å². The summed E-state index contributed by atoms with van der Waals surface area (Å²) in [7, 11) is 0. The smallest absolute Gasteiger partial charge is 0.239 e. The van der Waals surface area contributed by atoms with E-state index in [-0.39, 0.29) is 11.9 Å². The van der Waals surface area contributed by atoms with Gasteiger partial charge in [0.05, 0.1) is 6.04 Å². The Morgan fingerprint density at radius 1 is 1.67 bits per heavy atom. The molecule has 3 unspecified atom stereocenters. The number of hydrogen-bond acceptors (Lipinski definition) is 2. The van der Waals surface area contributed by atoms with Gasteiger partial charge in [0.1, 0.15) is 0 Å². The highest BCUT2D eigenvalue weighted by molar-refractivity contribution is 5.84. The lowest BCUT2D eigenvalue weighted by Gasteiger charge is -2.15. The van der Waals surface area contributed by atoms with Crippen LogP contribution in [0.25, 0.3) is 0 Å². The molecule has 1 heterocycles. The number of carbonyl (C=O) groups excluding carboxylic acids is 1. The van der Waals surface area contributed by atoms with E-state index in [1.807, 2.05) is 4.90 Å². The first-order chi connectivity index (χ1) is 5.74. The Kier molecular flexibility index (Phi) is 1.83. The Morgan fingerprint density at radius 3 is 2.83 bits per heavy atom. The number of nitrogens with zero attached hydrogens (tertiary/aromatic N) is 1. The molecular weight excluding hydrogens is 152 g/mol. The number of hydrogen-bond donors (Lipinski definition) is 1. The minimum absolute atomic E-state index is 0.177. The fourth-order valence-electron chi connectivity index (χ4n) is 2.11. The van der Waals surface area contributed by atoms with E-state index in [2.05, 4.69) is 6.92 Å². The Hall–Kier alpha value is -0.570. The van der Waals surface area contributed by atoms with Crippen LogP contribution in [-0.2, 0) is 4.79 Å². The average Bonchev–Trinajstić information content (AvgIpc) is 2.77. The molecule has 1 amide bonds. The highest BCUT2D eigenvalue weighted by Crippen LogP contribution is 2.39. The third-order valence-corrected chi connectivity index (χ3v) is 3.09. The molecule has 2 N–H and O–H groups in total. The summed E-state index contributed by atoms with van der Waals surface area (Å²) in [5, 5.41) is 0. The molecular formula is C9H16N2O. The molecule has 0 aromatic rings. The molecule has 68 valence electrons. The quantitative estimate of drug-likeness (QED) is 0.646. The van der Waals surface area contributed by atoms with Crippen molar-refractivity contribution in [3.63, 3.8) is 0 Å². The van der Waals surface area contributed by atoms with Gasteiger partial charge in [-0.25, -0.2) is 0 Å². The summed E-state index contributed by atoms with van der Waals surface area (Å²) in [5.74, 6) is 0.940. The number of amides is 1. The molecule has 1 saturated heterocycles. The van der Waals surface area contributed by atoms with Gasteiger partial charge in [-0.15, -0.1) is 0 Å². The second-order valence-electron chi connectivity index (χ2n) is 3.90. The molecule has 0 radical (unpaired) electrons. The van der Waals surface area contributed by atoms with Gasteiger partial charge in [0.2, 0.25) is 5.91 Å². The fourth-order valence-corrected chi connectivity index (χ4v) is 2.11. The summed E-state index contributed by atoms with van der Waals surface area (Å²) >= 11 is 0. The SMILES string of the molecule is CCC1CC1N1CCC(N)C1=O. The highest BCUT2D eigenvalue weighted by atomic mass is 16.2. The van der Waals surface area contributed by atoms with Crippen molar-refractivity contribution in [1.82, 2.24) is 4.90 Å². The van der Waals surface area contributed by atoms with Crippen LogP contribution in [0.3, 0.4) is 0 Å². The maximum absolute atomic E-state index is 11.4. The average molecular weight is 168 g/mol. The van der Waals surface area contributed by atoms with Gasteiger partial charge in [-0.05, 0) is 18.8 Å². The third-order valence-electron chi connectivity index (χ3n) is 3.09. The topological polar surface area (TPSA) is 46.3 Å². The molecule has 0 spiro atoms. The molecule has 12 heavy (non-hydrogen) atoms. The maximum atomic E-state index is 11.4.